The van der Waals surface area contributed by atoms with E-state index in [0.717, 1.165) is 12.8 Å². The summed E-state index contributed by atoms with van der Waals surface area (Å²) in [5, 5.41) is 0. The maximum atomic E-state index is 12.3. The van der Waals surface area contributed by atoms with Gasteiger partial charge in [-0.2, -0.15) is 0 Å². The third-order valence-electron chi connectivity index (χ3n) is 3.29. The number of halogens is 1. The smallest absolute Gasteiger partial charge is 0.166 e. The zero-order chi connectivity index (χ0) is 15.0. The highest BCUT2D eigenvalue weighted by Gasteiger charge is 2.17. The van der Waals surface area contributed by atoms with Crippen molar-refractivity contribution in [1.82, 2.24) is 0 Å². The van der Waals surface area contributed by atoms with Crippen LogP contribution >= 0.6 is 15.9 Å². The number of Topliss-reactive ketones (excluding diaryl/α,β-unsaturated/α-hetero) is 1. The third kappa shape index (κ3) is 4.51. The van der Waals surface area contributed by atoms with Crippen molar-refractivity contribution < 1.29 is 14.3 Å². The van der Waals surface area contributed by atoms with Crippen LogP contribution in [0.3, 0.4) is 0 Å². The predicted molar refractivity (Wildman–Crippen MR) is 85.0 cm³/mol. The first-order valence-corrected chi connectivity index (χ1v) is 7.88. The number of ketones is 1. The zero-order valence-electron chi connectivity index (χ0n) is 12.5. The Morgan fingerprint density at radius 2 is 1.80 bits per heavy atom. The Kier molecular flexibility index (Phi) is 7.67. The Bertz CT molecular complexity index is 444. The number of hydrogen-bond acceptors (Lipinski definition) is 3. The summed E-state index contributed by atoms with van der Waals surface area (Å²) < 4.78 is 11.2. The molecule has 1 aromatic carbocycles. The Morgan fingerprint density at radius 3 is 2.40 bits per heavy atom. The quantitative estimate of drug-likeness (QED) is 0.467. The van der Waals surface area contributed by atoms with Crippen LogP contribution in [0.2, 0.25) is 0 Å². The Morgan fingerprint density at radius 1 is 1.10 bits per heavy atom. The molecule has 1 aromatic rings. The molecule has 0 spiro atoms. The maximum Gasteiger partial charge on any atom is 0.166 e. The molecule has 0 N–H and O–H groups in total. The van der Waals surface area contributed by atoms with Gasteiger partial charge in [-0.3, -0.25) is 4.79 Å². The molecule has 0 unspecified atom stereocenters. The van der Waals surface area contributed by atoms with E-state index in [2.05, 4.69) is 22.9 Å². The highest BCUT2D eigenvalue weighted by molar-refractivity contribution is 9.10. The van der Waals surface area contributed by atoms with Crippen LogP contribution in [-0.2, 0) is 0 Å². The molecule has 3 nitrogen and oxygen atoms in total. The minimum atomic E-state index is 0.127. The number of carbonyl (C=O) groups excluding carboxylic acids is 1. The second-order valence-corrected chi connectivity index (χ2v) is 5.54. The fourth-order valence-corrected chi connectivity index (χ4v) is 2.81. The summed E-state index contributed by atoms with van der Waals surface area (Å²) in [6, 6.07) is 3.56. The minimum Gasteiger partial charge on any atom is -0.495 e. The van der Waals surface area contributed by atoms with E-state index in [0.29, 0.717) is 28.0 Å². The third-order valence-corrected chi connectivity index (χ3v) is 4.04. The Balaban J connectivity index is 2.70. The van der Waals surface area contributed by atoms with Crippen molar-refractivity contribution in [3.05, 3.63) is 22.2 Å². The summed E-state index contributed by atoms with van der Waals surface area (Å²) in [4.78, 5) is 12.3. The van der Waals surface area contributed by atoms with Gasteiger partial charge in [-0.25, -0.2) is 0 Å². The number of ether oxygens (including phenoxy) is 2. The molecule has 4 heteroatoms. The van der Waals surface area contributed by atoms with Crippen molar-refractivity contribution in [1.29, 1.82) is 0 Å². The van der Waals surface area contributed by atoms with Gasteiger partial charge in [-0.05, 0) is 34.5 Å². The van der Waals surface area contributed by atoms with Crippen molar-refractivity contribution in [2.45, 2.75) is 45.4 Å². The molecule has 0 radical (unpaired) electrons. The lowest BCUT2D eigenvalue weighted by Gasteiger charge is -2.12. The average Bonchev–Trinajstić information content (AvgIpc) is 2.46. The van der Waals surface area contributed by atoms with E-state index >= 15 is 0 Å². The molecule has 0 aromatic heterocycles. The minimum absolute atomic E-state index is 0.127. The van der Waals surface area contributed by atoms with Crippen molar-refractivity contribution in [3.8, 4) is 11.5 Å². The summed E-state index contributed by atoms with van der Waals surface area (Å²) >= 11 is 3.42. The van der Waals surface area contributed by atoms with Gasteiger partial charge in [0.2, 0.25) is 0 Å². The van der Waals surface area contributed by atoms with Gasteiger partial charge in [0.1, 0.15) is 16.0 Å². The molecule has 0 atom stereocenters. The first kappa shape index (κ1) is 17.0. The lowest BCUT2D eigenvalue weighted by molar-refractivity contribution is 0.0976. The van der Waals surface area contributed by atoms with Crippen LogP contribution in [0.15, 0.2) is 16.6 Å². The zero-order valence-corrected chi connectivity index (χ0v) is 14.1. The van der Waals surface area contributed by atoms with Gasteiger partial charge in [0.25, 0.3) is 0 Å². The average molecular weight is 343 g/mol. The van der Waals surface area contributed by atoms with Crippen LogP contribution in [0, 0.1) is 0 Å². The van der Waals surface area contributed by atoms with Crippen LogP contribution in [0.4, 0.5) is 0 Å². The normalized spacial score (nSPS) is 10.4. The Labute approximate surface area is 129 Å². The van der Waals surface area contributed by atoms with Crippen molar-refractivity contribution in [2.24, 2.45) is 0 Å². The summed E-state index contributed by atoms with van der Waals surface area (Å²) in [7, 11) is 3.16. The summed E-state index contributed by atoms with van der Waals surface area (Å²) in [6.45, 7) is 2.19. The van der Waals surface area contributed by atoms with Gasteiger partial charge < -0.3 is 9.47 Å². The number of benzene rings is 1. The van der Waals surface area contributed by atoms with Gasteiger partial charge >= 0.3 is 0 Å². The van der Waals surface area contributed by atoms with Crippen molar-refractivity contribution >= 4 is 21.7 Å². The van der Waals surface area contributed by atoms with Gasteiger partial charge in [-0.1, -0.05) is 32.6 Å². The number of carbonyl (C=O) groups is 1. The predicted octanol–water partition coefficient (Wildman–Crippen LogP) is 5.01. The van der Waals surface area contributed by atoms with Gasteiger partial charge in [0.15, 0.2) is 5.78 Å². The van der Waals surface area contributed by atoms with Gasteiger partial charge in [-0.15, -0.1) is 0 Å². The molecule has 0 heterocycles. The number of methoxy groups -OCH3 is 2. The molecular weight excluding hydrogens is 320 g/mol. The molecule has 20 heavy (non-hydrogen) atoms. The SMILES string of the molecule is CCCCCCCC(=O)c1ccc(OC)c(Br)c1OC. The Hall–Kier alpha value is -1.03. The fraction of sp³-hybridized carbons (Fsp3) is 0.562. The molecule has 0 saturated carbocycles. The van der Waals surface area contributed by atoms with E-state index in [-0.39, 0.29) is 5.78 Å². The van der Waals surface area contributed by atoms with Crippen LogP contribution in [0.1, 0.15) is 55.8 Å². The molecule has 0 aliphatic heterocycles. The second-order valence-electron chi connectivity index (χ2n) is 4.75. The number of rotatable bonds is 9. The monoisotopic (exact) mass is 342 g/mol. The van der Waals surface area contributed by atoms with E-state index < -0.39 is 0 Å². The van der Waals surface area contributed by atoms with E-state index in [1.165, 1.54) is 19.3 Å². The second kappa shape index (κ2) is 9.01. The van der Waals surface area contributed by atoms with Crippen LogP contribution < -0.4 is 9.47 Å². The lowest BCUT2D eigenvalue weighted by Crippen LogP contribution is -2.03. The van der Waals surface area contributed by atoms with Gasteiger partial charge in [0, 0.05) is 6.42 Å². The molecule has 112 valence electrons. The summed E-state index contributed by atoms with van der Waals surface area (Å²) in [5.74, 6) is 1.35. The topological polar surface area (TPSA) is 35.5 Å². The molecule has 0 saturated heterocycles. The largest absolute Gasteiger partial charge is 0.495 e. The standard InChI is InChI=1S/C16H23BrO3/c1-4-5-6-7-8-9-13(18)12-10-11-14(19-2)15(17)16(12)20-3/h10-11H,4-9H2,1-3H3. The number of hydrogen-bond donors (Lipinski definition) is 0. The summed E-state index contributed by atoms with van der Waals surface area (Å²) in [6.07, 6.45) is 6.27. The van der Waals surface area contributed by atoms with E-state index in [1.807, 2.05) is 0 Å². The molecule has 0 bridgehead atoms. The first-order chi connectivity index (χ1) is 9.65. The molecule has 0 amide bonds. The van der Waals surface area contributed by atoms with E-state index in [9.17, 15) is 4.79 Å². The number of unbranched alkanes of at least 4 members (excludes halogenated alkanes) is 4. The summed E-state index contributed by atoms with van der Waals surface area (Å²) in [5.41, 5.74) is 0.621. The van der Waals surface area contributed by atoms with Gasteiger partial charge in [0.05, 0.1) is 19.8 Å². The van der Waals surface area contributed by atoms with Crippen molar-refractivity contribution in [2.75, 3.05) is 14.2 Å². The van der Waals surface area contributed by atoms with E-state index in [4.69, 9.17) is 9.47 Å². The highest BCUT2D eigenvalue weighted by atomic mass is 79.9. The van der Waals surface area contributed by atoms with Crippen LogP contribution in [0.25, 0.3) is 0 Å². The van der Waals surface area contributed by atoms with Crippen LogP contribution in [0.5, 0.6) is 11.5 Å². The lowest BCUT2D eigenvalue weighted by atomic mass is 10.0. The molecule has 1 rings (SSSR count). The highest BCUT2D eigenvalue weighted by Crippen LogP contribution is 2.37. The fourth-order valence-electron chi connectivity index (χ4n) is 2.14. The molecular formula is C16H23BrO3. The van der Waals surface area contributed by atoms with Crippen LogP contribution in [-0.4, -0.2) is 20.0 Å². The molecule has 0 aliphatic carbocycles. The van der Waals surface area contributed by atoms with E-state index in [1.54, 1.807) is 26.4 Å². The first-order valence-electron chi connectivity index (χ1n) is 7.09. The molecule has 0 aliphatic rings. The maximum absolute atomic E-state index is 12.3. The molecule has 0 fully saturated rings. The van der Waals surface area contributed by atoms with Crippen molar-refractivity contribution in [3.63, 3.8) is 0 Å².